The van der Waals surface area contributed by atoms with E-state index in [1.54, 1.807) is 0 Å². The van der Waals surface area contributed by atoms with Gasteiger partial charge in [-0.1, -0.05) is 0 Å². The Labute approximate surface area is 112 Å². The zero-order valence-corrected chi connectivity index (χ0v) is 11.6. The average Bonchev–Trinajstić information content (AvgIpc) is 2.33. The molecule has 0 aromatic heterocycles. The first-order chi connectivity index (χ1) is 8.88. The number of unbranched alkanes of at least 4 members (excludes halogenated alkanes) is 2. The number of halogens is 1. The molecule has 0 amide bonds. The van der Waals surface area contributed by atoms with Crippen LogP contribution in [0.4, 0.5) is 10.1 Å². The van der Waals surface area contributed by atoms with Crippen LogP contribution >= 0.6 is 0 Å². The normalized spacial score (nSPS) is 11.7. The van der Waals surface area contributed by atoms with Crippen LogP contribution in [0.25, 0.3) is 0 Å². The van der Waals surface area contributed by atoms with E-state index in [-0.39, 0.29) is 23.7 Å². The maximum absolute atomic E-state index is 13.2. The fourth-order valence-corrected chi connectivity index (χ4v) is 2.99. The molecule has 1 rings (SSSR count). The second-order valence-electron chi connectivity index (χ2n) is 4.32. The van der Waals surface area contributed by atoms with E-state index in [1.807, 2.05) is 0 Å². The van der Waals surface area contributed by atoms with Crippen LogP contribution in [-0.2, 0) is 10.0 Å². The third-order valence-electron chi connectivity index (χ3n) is 2.71. The van der Waals surface area contributed by atoms with Crippen LogP contribution < -0.4 is 10.5 Å². The second kappa shape index (κ2) is 6.83. The van der Waals surface area contributed by atoms with Crippen LogP contribution in [0.2, 0.25) is 0 Å². The lowest BCUT2D eigenvalue weighted by Gasteiger charge is -2.10. The van der Waals surface area contributed by atoms with Gasteiger partial charge in [-0.3, -0.25) is 0 Å². The van der Waals surface area contributed by atoms with Gasteiger partial charge < -0.3 is 10.8 Å². The van der Waals surface area contributed by atoms with E-state index >= 15 is 0 Å². The number of nitrogens with two attached hydrogens (primary N) is 1. The van der Waals surface area contributed by atoms with Crippen LogP contribution in [0.15, 0.2) is 17.0 Å². The molecule has 1 aromatic rings. The van der Waals surface area contributed by atoms with E-state index in [0.717, 1.165) is 18.6 Å². The number of hydrogen-bond donors (Lipinski definition) is 3. The maximum atomic E-state index is 13.2. The minimum absolute atomic E-state index is 0.00596. The van der Waals surface area contributed by atoms with Gasteiger partial charge in [0, 0.05) is 13.2 Å². The smallest absolute Gasteiger partial charge is 0.240 e. The van der Waals surface area contributed by atoms with Crippen LogP contribution in [0, 0.1) is 12.7 Å². The second-order valence-corrected chi connectivity index (χ2v) is 6.06. The van der Waals surface area contributed by atoms with E-state index < -0.39 is 15.8 Å². The third kappa shape index (κ3) is 4.45. The summed E-state index contributed by atoms with van der Waals surface area (Å²) in [7, 11) is -3.68. The van der Waals surface area contributed by atoms with Gasteiger partial charge in [-0.15, -0.1) is 0 Å². The van der Waals surface area contributed by atoms with Gasteiger partial charge in [0.15, 0.2) is 0 Å². The van der Waals surface area contributed by atoms with E-state index in [4.69, 9.17) is 10.8 Å². The van der Waals surface area contributed by atoms with Crippen molar-refractivity contribution >= 4 is 15.7 Å². The molecule has 0 atom stereocenters. The highest BCUT2D eigenvalue weighted by Gasteiger charge is 2.18. The fraction of sp³-hybridized carbons (Fsp3) is 0.500. The van der Waals surface area contributed by atoms with Crippen molar-refractivity contribution in [2.45, 2.75) is 31.1 Å². The topological polar surface area (TPSA) is 92.4 Å². The lowest BCUT2D eigenvalue weighted by Crippen LogP contribution is -2.25. The molecule has 108 valence electrons. The first-order valence-corrected chi connectivity index (χ1v) is 7.53. The van der Waals surface area contributed by atoms with Gasteiger partial charge in [0.05, 0.1) is 10.6 Å². The van der Waals surface area contributed by atoms with E-state index in [1.165, 1.54) is 6.92 Å². The van der Waals surface area contributed by atoms with Gasteiger partial charge >= 0.3 is 0 Å². The summed E-state index contributed by atoms with van der Waals surface area (Å²) in [6.07, 6.45) is 2.02. The molecule has 4 N–H and O–H groups in total. The van der Waals surface area contributed by atoms with Crippen LogP contribution in [0.5, 0.6) is 0 Å². The number of rotatable bonds is 7. The zero-order valence-electron chi connectivity index (χ0n) is 10.8. The number of anilines is 1. The Morgan fingerprint density at radius 3 is 2.63 bits per heavy atom. The summed E-state index contributed by atoms with van der Waals surface area (Å²) in [5.41, 5.74) is 5.51. The van der Waals surface area contributed by atoms with Crippen molar-refractivity contribution in [3.63, 3.8) is 0 Å². The molecule has 19 heavy (non-hydrogen) atoms. The molecule has 0 unspecified atom stereocenters. The van der Waals surface area contributed by atoms with Gasteiger partial charge in [0.25, 0.3) is 0 Å². The number of hydrogen-bond acceptors (Lipinski definition) is 4. The predicted molar refractivity (Wildman–Crippen MR) is 71.7 cm³/mol. The Kier molecular flexibility index (Phi) is 5.71. The molecule has 5 nitrogen and oxygen atoms in total. The summed E-state index contributed by atoms with van der Waals surface area (Å²) in [5.74, 6) is -0.626. The molecule has 0 spiro atoms. The molecule has 0 fully saturated rings. The molecule has 0 aliphatic carbocycles. The largest absolute Gasteiger partial charge is 0.396 e. The summed E-state index contributed by atoms with van der Waals surface area (Å²) in [4.78, 5) is -0.00596. The van der Waals surface area contributed by atoms with Crippen LogP contribution in [0.1, 0.15) is 24.8 Å². The number of nitrogen functional groups attached to an aromatic ring is 1. The minimum atomic E-state index is -3.68. The molecule has 0 aliphatic rings. The first kappa shape index (κ1) is 15.9. The van der Waals surface area contributed by atoms with Crippen molar-refractivity contribution in [2.24, 2.45) is 0 Å². The lowest BCUT2D eigenvalue weighted by molar-refractivity contribution is 0.283. The number of nitrogens with one attached hydrogen (secondary N) is 1. The zero-order chi connectivity index (χ0) is 14.5. The minimum Gasteiger partial charge on any atom is -0.396 e. The van der Waals surface area contributed by atoms with Crippen molar-refractivity contribution in [1.29, 1.82) is 0 Å². The average molecular weight is 290 g/mol. The van der Waals surface area contributed by atoms with E-state index in [0.29, 0.717) is 18.4 Å². The monoisotopic (exact) mass is 290 g/mol. The first-order valence-electron chi connectivity index (χ1n) is 6.04. The summed E-state index contributed by atoms with van der Waals surface area (Å²) in [6.45, 7) is 1.89. The number of aliphatic hydroxyl groups excluding tert-OH is 1. The molecule has 0 radical (unpaired) electrons. The molecular formula is C12H19FN2O3S. The van der Waals surface area contributed by atoms with Crippen molar-refractivity contribution in [2.75, 3.05) is 18.9 Å². The predicted octanol–water partition coefficient (Wildman–Crippen LogP) is 1.16. The lowest BCUT2D eigenvalue weighted by atomic mass is 10.2. The Hall–Kier alpha value is -1.18. The van der Waals surface area contributed by atoms with Crippen molar-refractivity contribution in [3.8, 4) is 0 Å². The SMILES string of the molecule is Cc1cc(F)c(N)cc1S(=O)(=O)NCCCCCO. The summed E-state index contributed by atoms with van der Waals surface area (Å²) in [6, 6.07) is 2.23. The van der Waals surface area contributed by atoms with Gasteiger partial charge in [-0.25, -0.2) is 17.5 Å². The molecule has 1 aromatic carbocycles. The van der Waals surface area contributed by atoms with Crippen LogP contribution in [-0.4, -0.2) is 26.7 Å². The molecule has 0 saturated carbocycles. The van der Waals surface area contributed by atoms with Crippen molar-refractivity contribution in [3.05, 3.63) is 23.5 Å². The standard InChI is InChI=1S/C12H19FN2O3S/c1-9-7-10(13)11(14)8-12(9)19(17,18)15-5-3-2-4-6-16/h7-8,15-16H,2-6,14H2,1H3. The maximum Gasteiger partial charge on any atom is 0.240 e. The Bertz CT molecular complexity index is 532. The summed E-state index contributed by atoms with van der Waals surface area (Å²) >= 11 is 0. The van der Waals surface area contributed by atoms with Gasteiger partial charge in [-0.2, -0.15) is 0 Å². The van der Waals surface area contributed by atoms with Crippen molar-refractivity contribution < 1.29 is 17.9 Å². The van der Waals surface area contributed by atoms with E-state index in [9.17, 15) is 12.8 Å². The number of benzene rings is 1. The Balaban J connectivity index is 2.75. The molecule has 0 heterocycles. The molecule has 0 bridgehead atoms. The third-order valence-corrected chi connectivity index (χ3v) is 4.31. The highest BCUT2D eigenvalue weighted by atomic mass is 32.2. The highest BCUT2D eigenvalue weighted by molar-refractivity contribution is 7.89. The number of sulfonamides is 1. The van der Waals surface area contributed by atoms with Crippen molar-refractivity contribution in [1.82, 2.24) is 4.72 Å². The van der Waals surface area contributed by atoms with Gasteiger partial charge in [0.1, 0.15) is 5.82 Å². The summed E-state index contributed by atoms with van der Waals surface area (Å²) < 4.78 is 39.6. The highest BCUT2D eigenvalue weighted by Crippen LogP contribution is 2.21. The quantitative estimate of drug-likeness (QED) is 0.519. The molecular weight excluding hydrogens is 271 g/mol. The molecule has 0 saturated heterocycles. The van der Waals surface area contributed by atoms with Crippen LogP contribution in [0.3, 0.4) is 0 Å². The Morgan fingerprint density at radius 1 is 1.32 bits per heavy atom. The van der Waals surface area contributed by atoms with Gasteiger partial charge in [0.2, 0.25) is 10.0 Å². The summed E-state index contributed by atoms with van der Waals surface area (Å²) in [5, 5.41) is 8.61. The molecule has 7 heteroatoms. The molecule has 0 aliphatic heterocycles. The van der Waals surface area contributed by atoms with Gasteiger partial charge in [-0.05, 0) is 43.9 Å². The number of aliphatic hydroxyl groups is 1. The van der Waals surface area contributed by atoms with E-state index in [2.05, 4.69) is 4.72 Å². The Morgan fingerprint density at radius 2 is 2.00 bits per heavy atom. The fourth-order valence-electron chi connectivity index (χ4n) is 1.66. The number of aryl methyl sites for hydroxylation is 1.